The molecule has 2 saturated heterocycles. The molecule has 2 aromatic heterocycles. The monoisotopic (exact) mass is 686 g/mol. The Labute approximate surface area is 284 Å². The third kappa shape index (κ3) is 6.20. The van der Waals surface area contributed by atoms with Gasteiger partial charge < -0.3 is 34.5 Å². The molecule has 1 unspecified atom stereocenters. The van der Waals surface area contributed by atoms with Crippen LogP contribution in [0.3, 0.4) is 0 Å². The third-order valence-corrected chi connectivity index (χ3v) is 9.03. The molecule has 5 heterocycles. The maximum Gasteiger partial charge on any atom is 0.293 e. The number of hydrogen-bond acceptors (Lipinski definition) is 11. The fourth-order valence-electron chi connectivity index (χ4n) is 6.08. The number of benzene rings is 2. The van der Waals surface area contributed by atoms with Crippen LogP contribution in [0.5, 0.6) is 11.5 Å². The summed E-state index contributed by atoms with van der Waals surface area (Å²) >= 11 is 6.45. The molecule has 4 amide bonds. The van der Waals surface area contributed by atoms with E-state index in [9.17, 15) is 24.0 Å². The number of fused-ring (bicyclic) bond motifs is 2. The average Bonchev–Trinajstić information content (AvgIpc) is 3.39. The molecule has 2 aromatic carbocycles. The standard InChI is InChI=1S/C33H31ClN8O7/c1-35-28(44)16-48-26-11-17-9-19(3-6-24(17)40(2)32(26)47)37-29-23(34)12-36-33(39-29)41-14-21(15-41)49-20-4-5-22-18(10-20)13-42(31(22)46)25-7-8-27(43)38-30(25)45/h3-6,9-12,21,25H,7-8,13-16H2,1-2H3,(H,35,44)(H,36,37,39)(H,38,43,45). The molecule has 1 atom stereocenters. The minimum atomic E-state index is -0.675. The van der Waals surface area contributed by atoms with Crippen LogP contribution in [0.15, 0.2) is 53.5 Å². The van der Waals surface area contributed by atoms with Crippen molar-refractivity contribution < 1.29 is 28.7 Å². The van der Waals surface area contributed by atoms with Gasteiger partial charge in [0.05, 0.1) is 24.8 Å². The molecule has 16 heteroatoms. The predicted molar refractivity (Wildman–Crippen MR) is 178 cm³/mol. The summed E-state index contributed by atoms with van der Waals surface area (Å²) in [6, 6.07) is 11.6. The van der Waals surface area contributed by atoms with Gasteiger partial charge in [-0.25, -0.2) is 4.98 Å². The van der Waals surface area contributed by atoms with Crippen LogP contribution in [0, 0.1) is 0 Å². The summed E-state index contributed by atoms with van der Waals surface area (Å²) in [5.41, 5.74) is 2.26. The highest BCUT2D eigenvalue weighted by Gasteiger charge is 2.39. The van der Waals surface area contributed by atoms with Gasteiger partial charge in [-0.05, 0) is 54.4 Å². The van der Waals surface area contributed by atoms with Crippen molar-refractivity contribution in [2.75, 3.05) is 37.0 Å². The highest BCUT2D eigenvalue weighted by molar-refractivity contribution is 6.33. The summed E-state index contributed by atoms with van der Waals surface area (Å²) in [5.74, 6) is 0.144. The van der Waals surface area contributed by atoms with E-state index < -0.39 is 11.9 Å². The number of likely N-dealkylation sites (N-methyl/N-ethyl adjacent to an activating group) is 1. The Kier molecular flexibility index (Phi) is 8.28. The highest BCUT2D eigenvalue weighted by Crippen LogP contribution is 2.32. The Morgan fingerprint density at radius 3 is 2.69 bits per heavy atom. The minimum absolute atomic E-state index is 0.0511. The molecule has 2 fully saturated rings. The molecule has 49 heavy (non-hydrogen) atoms. The molecular formula is C33H31ClN8O7. The van der Waals surface area contributed by atoms with E-state index in [1.54, 1.807) is 37.4 Å². The van der Waals surface area contributed by atoms with Crippen LogP contribution in [-0.2, 0) is 28.0 Å². The molecule has 15 nitrogen and oxygen atoms in total. The zero-order valence-corrected chi connectivity index (χ0v) is 27.2. The number of aromatic nitrogens is 3. The first-order chi connectivity index (χ1) is 23.6. The molecular weight excluding hydrogens is 656 g/mol. The molecule has 0 spiro atoms. The van der Waals surface area contributed by atoms with Crippen LogP contribution in [0.4, 0.5) is 17.5 Å². The van der Waals surface area contributed by atoms with Crippen molar-refractivity contribution >= 4 is 63.6 Å². The number of nitrogens with one attached hydrogen (secondary N) is 3. The Bertz CT molecular complexity index is 2100. The number of halogens is 1. The number of piperidine rings is 1. The number of pyridine rings is 1. The number of hydrogen-bond donors (Lipinski definition) is 3. The number of carbonyl (C=O) groups excluding carboxylic acids is 4. The van der Waals surface area contributed by atoms with Gasteiger partial charge in [0.1, 0.15) is 22.9 Å². The van der Waals surface area contributed by atoms with Crippen molar-refractivity contribution in [3.63, 3.8) is 0 Å². The second-order valence-electron chi connectivity index (χ2n) is 12.0. The van der Waals surface area contributed by atoms with Crippen molar-refractivity contribution in [1.82, 2.24) is 30.1 Å². The molecule has 252 valence electrons. The maximum atomic E-state index is 13.0. The predicted octanol–water partition coefficient (Wildman–Crippen LogP) is 1.88. The molecule has 0 radical (unpaired) electrons. The van der Waals surface area contributed by atoms with E-state index in [2.05, 4.69) is 25.9 Å². The van der Waals surface area contributed by atoms with Gasteiger partial charge in [-0.1, -0.05) is 11.6 Å². The Morgan fingerprint density at radius 2 is 1.92 bits per heavy atom. The van der Waals surface area contributed by atoms with Gasteiger partial charge >= 0.3 is 0 Å². The lowest BCUT2D eigenvalue weighted by atomic mass is 10.0. The van der Waals surface area contributed by atoms with Crippen LogP contribution in [0.1, 0.15) is 28.8 Å². The quantitative estimate of drug-likeness (QED) is 0.219. The van der Waals surface area contributed by atoms with E-state index in [0.29, 0.717) is 64.2 Å². The summed E-state index contributed by atoms with van der Waals surface area (Å²) in [7, 11) is 3.12. The Balaban J connectivity index is 0.994. The number of anilines is 3. The van der Waals surface area contributed by atoms with E-state index in [1.165, 1.54) is 22.7 Å². The summed E-state index contributed by atoms with van der Waals surface area (Å²) < 4.78 is 13.1. The second kappa shape index (κ2) is 12.7. The Morgan fingerprint density at radius 1 is 1.10 bits per heavy atom. The third-order valence-electron chi connectivity index (χ3n) is 8.75. The van der Waals surface area contributed by atoms with E-state index >= 15 is 0 Å². The number of nitrogens with zero attached hydrogens (tertiary/aromatic N) is 5. The van der Waals surface area contributed by atoms with Gasteiger partial charge in [0.2, 0.25) is 17.8 Å². The lowest BCUT2D eigenvalue weighted by molar-refractivity contribution is -0.137. The summed E-state index contributed by atoms with van der Waals surface area (Å²) in [6.45, 7) is 1.02. The zero-order valence-electron chi connectivity index (χ0n) is 26.5. The number of aryl methyl sites for hydroxylation is 1. The van der Waals surface area contributed by atoms with E-state index in [-0.39, 0.29) is 54.7 Å². The highest BCUT2D eigenvalue weighted by atomic mass is 35.5. The van der Waals surface area contributed by atoms with Crippen LogP contribution < -0.4 is 35.9 Å². The van der Waals surface area contributed by atoms with E-state index in [4.69, 9.17) is 21.1 Å². The number of imide groups is 1. The maximum absolute atomic E-state index is 13.0. The van der Waals surface area contributed by atoms with Crippen LogP contribution >= 0.6 is 11.6 Å². The fourth-order valence-corrected chi connectivity index (χ4v) is 6.22. The van der Waals surface area contributed by atoms with Crippen LogP contribution in [0.2, 0.25) is 5.02 Å². The molecule has 4 aromatic rings. The van der Waals surface area contributed by atoms with E-state index in [0.717, 1.165) is 5.56 Å². The topological polar surface area (TPSA) is 177 Å². The largest absolute Gasteiger partial charge is 0.487 e. The minimum Gasteiger partial charge on any atom is -0.487 e. The van der Waals surface area contributed by atoms with Crippen molar-refractivity contribution in [3.8, 4) is 11.5 Å². The van der Waals surface area contributed by atoms with Gasteiger partial charge in [-0.3, -0.25) is 29.3 Å². The summed E-state index contributed by atoms with van der Waals surface area (Å²) in [5, 5.41) is 9.01. The van der Waals surface area contributed by atoms with E-state index in [1.807, 2.05) is 17.0 Å². The van der Waals surface area contributed by atoms with Gasteiger partial charge in [0.25, 0.3) is 17.4 Å². The Hall–Kier alpha value is -5.70. The SMILES string of the molecule is CNC(=O)COc1cc2cc(Nc3nc(N4CC(Oc5ccc6c(c5)CN(C5CCC(=O)NC5=O)C6=O)C4)ncc3Cl)ccc2n(C)c1=O. The summed E-state index contributed by atoms with van der Waals surface area (Å²) in [4.78, 5) is 73.7. The number of amides is 4. The lowest BCUT2D eigenvalue weighted by Crippen LogP contribution is -2.54. The first-order valence-electron chi connectivity index (χ1n) is 15.5. The fraction of sp³-hybridized carbons (Fsp3) is 0.303. The number of rotatable bonds is 9. The molecule has 0 bridgehead atoms. The second-order valence-corrected chi connectivity index (χ2v) is 12.4. The van der Waals surface area contributed by atoms with Crippen molar-refractivity contribution in [1.29, 1.82) is 0 Å². The summed E-state index contributed by atoms with van der Waals surface area (Å²) in [6.07, 6.45) is 1.87. The van der Waals surface area contributed by atoms with Gasteiger partial charge in [0, 0.05) is 43.7 Å². The molecule has 0 saturated carbocycles. The van der Waals surface area contributed by atoms with Crippen LogP contribution in [0.25, 0.3) is 10.9 Å². The molecule has 0 aliphatic carbocycles. The van der Waals surface area contributed by atoms with Crippen molar-refractivity contribution in [3.05, 3.63) is 75.2 Å². The molecule has 3 N–H and O–H groups in total. The molecule has 3 aliphatic rings. The normalized spacial score (nSPS) is 17.4. The van der Waals surface area contributed by atoms with Crippen LogP contribution in [-0.4, -0.2) is 82.0 Å². The molecule has 3 aliphatic heterocycles. The lowest BCUT2D eigenvalue weighted by Gasteiger charge is -2.39. The van der Waals surface area contributed by atoms with Gasteiger partial charge in [0.15, 0.2) is 18.2 Å². The van der Waals surface area contributed by atoms with Crippen molar-refractivity contribution in [2.24, 2.45) is 7.05 Å². The first kappa shape index (κ1) is 31.9. The van der Waals surface area contributed by atoms with Gasteiger partial charge in [-0.2, -0.15) is 4.98 Å². The molecule has 7 rings (SSSR count). The van der Waals surface area contributed by atoms with Crippen molar-refractivity contribution in [2.45, 2.75) is 31.5 Å². The zero-order chi connectivity index (χ0) is 34.4. The van der Waals surface area contributed by atoms with Gasteiger partial charge in [-0.15, -0.1) is 0 Å². The smallest absolute Gasteiger partial charge is 0.293 e. The first-order valence-corrected chi connectivity index (χ1v) is 15.9. The average molecular weight is 687 g/mol. The number of carbonyl (C=O) groups is 4. The number of ether oxygens (including phenoxy) is 2.